The van der Waals surface area contributed by atoms with E-state index in [0.717, 1.165) is 38.2 Å². The number of hydrogen-bond acceptors (Lipinski definition) is 3. The lowest BCUT2D eigenvalue weighted by Gasteiger charge is -2.62. The van der Waals surface area contributed by atoms with Crippen LogP contribution >= 0.6 is 0 Å². The molecule has 5 aliphatic rings. The Morgan fingerprint density at radius 3 is 2.68 bits per heavy atom. The Morgan fingerprint density at radius 2 is 1.92 bits per heavy atom. The number of ether oxygens (including phenoxy) is 1. The average Bonchev–Trinajstić information content (AvgIpc) is 3.30. The van der Waals surface area contributed by atoms with E-state index in [-0.39, 0.29) is 10.8 Å². The van der Waals surface area contributed by atoms with Gasteiger partial charge in [-0.2, -0.15) is 0 Å². The second-order valence-electron chi connectivity index (χ2n) is 10.8. The van der Waals surface area contributed by atoms with Gasteiger partial charge in [0.1, 0.15) is 5.78 Å². The number of fused-ring (bicyclic) bond motifs is 7. The Hall–Kier alpha value is -0.410. The minimum Gasteiger partial charge on any atom is -0.390 e. The van der Waals surface area contributed by atoms with Crippen LogP contribution in [0.15, 0.2) is 0 Å². The summed E-state index contributed by atoms with van der Waals surface area (Å²) in [7, 11) is 1.85. The molecule has 5 aliphatic carbocycles. The fourth-order valence-electron chi connectivity index (χ4n) is 8.45. The lowest BCUT2D eigenvalue weighted by atomic mass is 9.43. The number of methoxy groups -OCH3 is 1. The molecule has 5 saturated carbocycles. The van der Waals surface area contributed by atoms with Gasteiger partial charge in [0.15, 0.2) is 0 Å². The largest absolute Gasteiger partial charge is 0.390 e. The highest BCUT2D eigenvalue weighted by Gasteiger charge is 2.71. The molecule has 0 saturated heterocycles. The molecule has 0 aliphatic heterocycles. The van der Waals surface area contributed by atoms with E-state index in [0.29, 0.717) is 35.4 Å². The summed E-state index contributed by atoms with van der Waals surface area (Å²) in [6.07, 6.45) is 8.91. The zero-order valence-corrected chi connectivity index (χ0v) is 16.1. The molecule has 0 spiro atoms. The van der Waals surface area contributed by atoms with Gasteiger partial charge in [0.05, 0.1) is 12.2 Å². The molecule has 5 fully saturated rings. The van der Waals surface area contributed by atoms with Gasteiger partial charge in [-0.15, -0.1) is 0 Å². The van der Waals surface area contributed by atoms with E-state index in [1.54, 1.807) is 0 Å². The molecule has 0 aromatic heterocycles. The van der Waals surface area contributed by atoms with Crippen LogP contribution in [0.1, 0.15) is 65.2 Å². The number of hydrogen-bond donors (Lipinski definition) is 1. The molecule has 0 radical (unpaired) electrons. The Kier molecular flexibility index (Phi) is 3.41. The Morgan fingerprint density at radius 1 is 1.12 bits per heavy atom. The maximum atomic E-state index is 12.9. The number of rotatable bonds is 2. The summed E-state index contributed by atoms with van der Waals surface area (Å²) in [6.45, 7) is 5.17. The van der Waals surface area contributed by atoms with E-state index < -0.39 is 5.60 Å². The number of aliphatic hydroxyl groups is 1. The summed E-state index contributed by atoms with van der Waals surface area (Å²) < 4.78 is 5.81. The summed E-state index contributed by atoms with van der Waals surface area (Å²) in [5.41, 5.74) is -0.268. The molecule has 9 atom stereocenters. The molecule has 1 N–H and O–H groups in total. The van der Waals surface area contributed by atoms with Crippen LogP contribution < -0.4 is 0 Å². The first-order chi connectivity index (χ1) is 11.8. The normalized spacial score (nSPS) is 59.6. The Balaban J connectivity index is 1.50. The van der Waals surface area contributed by atoms with E-state index in [2.05, 4.69) is 6.92 Å². The third kappa shape index (κ3) is 2.09. The molecule has 0 heterocycles. The van der Waals surface area contributed by atoms with E-state index in [1.165, 1.54) is 25.7 Å². The van der Waals surface area contributed by atoms with Crippen LogP contribution in [0.3, 0.4) is 0 Å². The molecule has 3 nitrogen and oxygen atoms in total. The Bertz CT molecular complexity index is 598. The van der Waals surface area contributed by atoms with E-state index in [9.17, 15) is 9.90 Å². The molecule has 0 amide bonds. The molecule has 25 heavy (non-hydrogen) atoms. The fraction of sp³-hybridized carbons (Fsp3) is 0.955. The van der Waals surface area contributed by atoms with Gasteiger partial charge in [-0.25, -0.2) is 0 Å². The molecule has 0 aromatic rings. The third-order valence-corrected chi connectivity index (χ3v) is 9.52. The molecular formula is C22H34O3. The van der Waals surface area contributed by atoms with Crippen LogP contribution in [0, 0.1) is 46.3 Å². The van der Waals surface area contributed by atoms with Crippen LogP contribution in [-0.4, -0.2) is 30.2 Å². The number of carbonyl (C=O) groups excluding carboxylic acids is 1. The standard InChI is InChI=1S/C22H34O3/c1-20(24)8-9-22(12-25-3)13(11-20)4-5-14-17(22)6-7-21(2)18(14)15-10-16(15)19(21)23/h13-18,24H,4-12H2,1-3H3/t13-,14-,15?,16?,17+,18-,20-,21+,22-/m1/s1. The number of Topliss-reactive ketones (excluding diaryl/α,β-unsaturated/α-hetero) is 1. The van der Waals surface area contributed by atoms with Crippen LogP contribution in [0.5, 0.6) is 0 Å². The lowest BCUT2D eigenvalue weighted by molar-refractivity contribution is -0.176. The first-order valence-corrected chi connectivity index (χ1v) is 10.6. The van der Waals surface area contributed by atoms with Crippen LogP contribution in [0.25, 0.3) is 0 Å². The summed E-state index contributed by atoms with van der Waals surface area (Å²) in [5.74, 6) is 4.37. The highest BCUT2D eigenvalue weighted by molar-refractivity contribution is 5.92. The van der Waals surface area contributed by atoms with Crippen LogP contribution in [0.2, 0.25) is 0 Å². The first kappa shape index (κ1) is 16.7. The molecule has 2 unspecified atom stereocenters. The monoisotopic (exact) mass is 346 g/mol. The SMILES string of the molecule is COC[C@]12CC[C@@](C)(O)C[C@H]1CC[C@@H]1[C@@H]2CC[C@]2(C)C(=O)C3CC3[C@@H]12. The molecule has 140 valence electrons. The molecule has 0 bridgehead atoms. The van der Waals surface area contributed by atoms with E-state index in [1.807, 2.05) is 14.0 Å². The highest BCUT2D eigenvalue weighted by atomic mass is 16.5. The van der Waals surface area contributed by atoms with Gasteiger partial charge in [-0.3, -0.25) is 4.79 Å². The van der Waals surface area contributed by atoms with Crippen molar-refractivity contribution in [1.29, 1.82) is 0 Å². The van der Waals surface area contributed by atoms with Gasteiger partial charge in [-0.05, 0) is 93.3 Å². The van der Waals surface area contributed by atoms with Gasteiger partial charge in [0, 0.05) is 18.4 Å². The first-order valence-electron chi connectivity index (χ1n) is 10.6. The minimum absolute atomic E-state index is 0.0178. The van der Waals surface area contributed by atoms with Gasteiger partial charge < -0.3 is 9.84 Å². The molecule has 5 rings (SSSR count). The smallest absolute Gasteiger partial charge is 0.142 e. The van der Waals surface area contributed by atoms with Crippen molar-refractivity contribution in [1.82, 2.24) is 0 Å². The zero-order valence-electron chi connectivity index (χ0n) is 16.1. The quantitative estimate of drug-likeness (QED) is 0.826. The van der Waals surface area contributed by atoms with Gasteiger partial charge in [0.2, 0.25) is 0 Å². The average molecular weight is 347 g/mol. The summed E-state index contributed by atoms with van der Waals surface area (Å²) in [5, 5.41) is 10.7. The second kappa shape index (κ2) is 5.10. The zero-order chi connectivity index (χ0) is 17.6. The fourth-order valence-corrected chi connectivity index (χ4v) is 8.45. The predicted molar refractivity (Wildman–Crippen MR) is 95.9 cm³/mol. The van der Waals surface area contributed by atoms with Crippen molar-refractivity contribution in [2.75, 3.05) is 13.7 Å². The maximum absolute atomic E-state index is 12.9. The summed E-state index contributed by atoms with van der Waals surface area (Å²) in [6, 6.07) is 0. The Labute approximate surface area is 151 Å². The molecular weight excluding hydrogens is 312 g/mol. The van der Waals surface area contributed by atoms with Gasteiger partial charge >= 0.3 is 0 Å². The third-order valence-electron chi connectivity index (χ3n) is 9.52. The minimum atomic E-state index is -0.497. The summed E-state index contributed by atoms with van der Waals surface area (Å²) >= 11 is 0. The van der Waals surface area contributed by atoms with Crippen LogP contribution in [-0.2, 0) is 9.53 Å². The van der Waals surface area contributed by atoms with Crippen molar-refractivity contribution < 1.29 is 14.6 Å². The molecule has 0 aromatic carbocycles. The van der Waals surface area contributed by atoms with Gasteiger partial charge in [-0.1, -0.05) is 6.92 Å². The predicted octanol–water partition coefficient (Wildman–Crippen LogP) is 3.83. The van der Waals surface area contributed by atoms with Gasteiger partial charge in [0.25, 0.3) is 0 Å². The number of carbonyl (C=O) groups is 1. The highest BCUT2D eigenvalue weighted by Crippen LogP contribution is 2.72. The van der Waals surface area contributed by atoms with E-state index in [4.69, 9.17) is 4.74 Å². The van der Waals surface area contributed by atoms with Crippen molar-refractivity contribution in [3.05, 3.63) is 0 Å². The van der Waals surface area contributed by atoms with Crippen molar-refractivity contribution in [3.8, 4) is 0 Å². The van der Waals surface area contributed by atoms with Crippen molar-refractivity contribution in [2.45, 2.75) is 70.8 Å². The van der Waals surface area contributed by atoms with Crippen molar-refractivity contribution in [2.24, 2.45) is 46.3 Å². The van der Waals surface area contributed by atoms with Crippen LogP contribution in [0.4, 0.5) is 0 Å². The number of ketones is 1. The summed E-state index contributed by atoms with van der Waals surface area (Å²) in [4.78, 5) is 12.9. The van der Waals surface area contributed by atoms with E-state index >= 15 is 0 Å². The van der Waals surface area contributed by atoms with Crippen molar-refractivity contribution >= 4 is 5.78 Å². The van der Waals surface area contributed by atoms with Crippen molar-refractivity contribution in [3.63, 3.8) is 0 Å². The lowest BCUT2D eigenvalue weighted by Crippen LogP contribution is -2.58. The topological polar surface area (TPSA) is 46.5 Å². The maximum Gasteiger partial charge on any atom is 0.142 e. The molecule has 3 heteroatoms. The second-order valence-corrected chi connectivity index (χ2v) is 10.8.